The molecular formula is C15H22BrF. The quantitative estimate of drug-likeness (QED) is 0.602. The van der Waals surface area contributed by atoms with Crippen molar-refractivity contribution in [1.29, 1.82) is 0 Å². The molecule has 0 bridgehead atoms. The van der Waals surface area contributed by atoms with Crippen LogP contribution in [0.15, 0.2) is 22.7 Å². The van der Waals surface area contributed by atoms with Gasteiger partial charge in [-0.2, -0.15) is 0 Å². The van der Waals surface area contributed by atoms with Crippen LogP contribution in [-0.4, -0.2) is 0 Å². The Morgan fingerprint density at radius 2 is 2.00 bits per heavy atom. The average molecular weight is 301 g/mol. The first-order chi connectivity index (χ1) is 8.17. The van der Waals surface area contributed by atoms with Crippen LogP contribution < -0.4 is 0 Å². The van der Waals surface area contributed by atoms with Gasteiger partial charge in [0.1, 0.15) is 5.82 Å². The highest BCUT2D eigenvalue weighted by Crippen LogP contribution is 2.21. The SMILES string of the molecule is CCCCC(CC)CCc1ccc(Br)c(F)c1. The predicted octanol–water partition coefficient (Wildman–Crippen LogP) is 5.74. The van der Waals surface area contributed by atoms with E-state index in [0.717, 1.165) is 17.9 Å². The molecule has 0 amide bonds. The number of benzene rings is 1. The van der Waals surface area contributed by atoms with Crippen LogP contribution in [0.1, 0.15) is 51.5 Å². The van der Waals surface area contributed by atoms with Crippen molar-refractivity contribution >= 4 is 15.9 Å². The lowest BCUT2D eigenvalue weighted by Crippen LogP contribution is -2.01. The molecule has 1 aromatic rings. The van der Waals surface area contributed by atoms with E-state index >= 15 is 0 Å². The molecule has 0 aliphatic carbocycles. The topological polar surface area (TPSA) is 0 Å². The fourth-order valence-corrected chi connectivity index (χ4v) is 2.36. The molecule has 0 N–H and O–H groups in total. The summed E-state index contributed by atoms with van der Waals surface area (Å²) >= 11 is 3.18. The lowest BCUT2D eigenvalue weighted by molar-refractivity contribution is 0.421. The molecule has 0 heterocycles. The van der Waals surface area contributed by atoms with Crippen molar-refractivity contribution in [2.45, 2.75) is 52.4 Å². The highest BCUT2D eigenvalue weighted by molar-refractivity contribution is 9.10. The average Bonchev–Trinajstić information content (AvgIpc) is 2.34. The zero-order chi connectivity index (χ0) is 12.7. The van der Waals surface area contributed by atoms with Gasteiger partial charge in [-0.15, -0.1) is 0 Å². The lowest BCUT2D eigenvalue weighted by Gasteiger charge is -2.14. The maximum atomic E-state index is 13.3. The highest BCUT2D eigenvalue weighted by atomic mass is 79.9. The second kappa shape index (κ2) is 7.86. The summed E-state index contributed by atoms with van der Waals surface area (Å²) in [6, 6.07) is 5.47. The summed E-state index contributed by atoms with van der Waals surface area (Å²) in [5.41, 5.74) is 1.11. The van der Waals surface area contributed by atoms with Gasteiger partial charge in [0.2, 0.25) is 0 Å². The van der Waals surface area contributed by atoms with Crippen LogP contribution in [0.25, 0.3) is 0 Å². The van der Waals surface area contributed by atoms with E-state index < -0.39 is 0 Å². The first-order valence-electron chi connectivity index (χ1n) is 6.61. The molecule has 1 aromatic carbocycles. The largest absolute Gasteiger partial charge is 0.206 e. The second-order valence-corrected chi connectivity index (χ2v) is 5.56. The molecule has 2 heteroatoms. The monoisotopic (exact) mass is 300 g/mol. The van der Waals surface area contributed by atoms with Crippen molar-refractivity contribution in [3.63, 3.8) is 0 Å². The molecule has 0 aromatic heterocycles. The van der Waals surface area contributed by atoms with Crippen molar-refractivity contribution in [3.8, 4) is 0 Å². The molecule has 0 fully saturated rings. The van der Waals surface area contributed by atoms with E-state index in [0.29, 0.717) is 4.47 Å². The highest BCUT2D eigenvalue weighted by Gasteiger charge is 2.07. The summed E-state index contributed by atoms with van der Waals surface area (Å²) in [6.07, 6.45) is 7.30. The Balaban J connectivity index is 2.45. The van der Waals surface area contributed by atoms with E-state index in [1.165, 1.54) is 32.1 Å². The molecule has 1 rings (SSSR count). The molecule has 96 valence electrons. The number of hydrogen-bond acceptors (Lipinski definition) is 0. The van der Waals surface area contributed by atoms with Gasteiger partial charge in [0.25, 0.3) is 0 Å². The summed E-state index contributed by atoms with van der Waals surface area (Å²) < 4.78 is 13.9. The summed E-state index contributed by atoms with van der Waals surface area (Å²) in [7, 11) is 0. The minimum atomic E-state index is -0.149. The van der Waals surface area contributed by atoms with E-state index in [2.05, 4.69) is 29.8 Å². The minimum absolute atomic E-state index is 0.149. The Morgan fingerprint density at radius 1 is 1.24 bits per heavy atom. The fourth-order valence-electron chi connectivity index (χ4n) is 2.11. The maximum absolute atomic E-state index is 13.3. The summed E-state index contributed by atoms with van der Waals surface area (Å²) in [5, 5.41) is 0. The Hall–Kier alpha value is -0.370. The van der Waals surface area contributed by atoms with Gasteiger partial charge < -0.3 is 0 Å². The Labute approximate surface area is 113 Å². The van der Waals surface area contributed by atoms with E-state index in [9.17, 15) is 4.39 Å². The third-order valence-electron chi connectivity index (χ3n) is 3.37. The minimum Gasteiger partial charge on any atom is -0.206 e. The number of halogens is 2. The number of rotatable bonds is 7. The summed E-state index contributed by atoms with van der Waals surface area (Å²) in [6.45, 7) is 4.49. The third kappa shape index (κ3) is 5.20. The number of unbranched alkanes of at least 4 members (excludes halogenated alkanes) is 1. The number of aryl methyl sites for hydroxylation is 1. The normalized spacial score (nSPS) is 12.7. The smallest absolute Gasteiger partial charge is 0.137 e. The molecule has 0 aliphatic rings. The molecule has 0 spiro atoms. The fraction of sp³-hybridized carbons (Fsp3) is 0.600. The molecule has 0 saturated carbocycles. The van der Waals surface area contributed by atoms with E-state index in [4.69, 9.17) is 0 Å². The van der Waals surface area contributed by atoms with Crippen molar-refractivity contribution < 1.29 is 4.39 Å². The maximum Gasteiger partial charge on any atom is 0.137 e. The molecule has 0 radical (unpaired) electrons. The van der Waals surface area contributed by atoms with Crippen LogP contribution >= 0.6 is 15.9 Å². The van der Waals surface area contributed by atoms with Crippen molar-refractivity contribution in [1.82, 2.24) is 0 Å². The van der Waals surface area contributed by atoms with Gasteiger partial charge in [0.15, 0.2) is 0 Å². The molecule has 0 saturated heterocycles. The summed E-state index contributed by atoms with van der Waals surface area (Å²) in [4.78, 5) is 0. The van der Waals surface area contributed by atoms with Gasteiger partial charge >= 0.3 is 0 Å². The molecule has 1 atom stereocenters. The first-order valence-corrected chi connectivity index (χ1v) is 7.40. The lowest BCUT2D eigenvalue weighted by atomic mass is 9.92. The van der Waals surface area contributed by atoms with Gasteiger partial charge in [-0.25, -0.2) is 4.39 Å². The first kappa shape index (κ1) is 14.7. The van der Waals surface area contributed by atoms with Crippen LogP contribution in [0, 0.1) is 11.7 Å². The van der Waals surface area contributed by atoms with Crippen LogP contribution in [0.2, 0.25) is 0 Å². The Morgan fingerprint density at radius 3 is 2.59 bits per heavy atom. The molecule has 17 heavy (non-hydrogen) atoms. The summed E-state index contributed by atoms with van der Waals surface area (Å²) in [5.74, 6) is 0.644. The van der Waals surface area contributed by atoms with Gasteiger partial charge in [-0.1, -0.05) is 45.6 Å². The third-order valence-corrected chi connectivity index (χ3v) is 4.01. The van der Waals surface area contributed by atoms with Crippen molar-refractivity contribution in [2.75, 3.05) is 0 Å². The number of hydrogen-bond donors (Lipinski definition) is 0. The van der Waals surface area contributed by atoms with Gasteiger partial charge in [-0.3, -0.25) is 0 Å². The van der Waals surface area contributed by atoms with Crippen LogP contribution in [0.4, 0.5) is 4.39 Å². The van der Waals surface area contributed by atoms with E-state index in [1.807, 2.05) is 6.07 Å². The van der Waals surface area contributed by atoms with Crippen LogP contribution in [-0.2, 0) is 6.42 Å². The zero-order valence-electron chi connectivity index (χ0n) is 10.8. The molecular weight excluding hydrogens is 279 g/mol. The molecule has 1 unspecified atom stereocenters. The molecule has 0 aliphatic heterocycles. The second-order valence-electron chi connectivity index (χ2n) is 4.70. The Bertz CT molecular complexity index is 336. The van der Waals surface area contributed by atoms with Gasteiger partial charge in [0, 0.05) is 0 Å². The van der Waals surface area contributed by atoms with Crippen molar-refractivity contribution in [3.05, 3.63) is 34.1 Å². The Kier molecular flexibility index (Phi) is 6.79. The van der Waals surface area contributed by atoms with E-state index in [1.54, 1.807) is 12.1 Å². The van der Waals surface area contributed by atoms with E-state index in [-0.39, 0.29) is 5.82 Å². The predicted molar refractivity (Wildman–Crippen MR) is 75.7 cm³/mol. The zero-order valence-corrected chi connectivity index (χ0v) is 12.4. The van der Waals surface area contributed by atoms with Crippen LogP contribution in [0.3, 0.4) is 0 Å². The van der Waals surface area contributed by atoms with Gasteiger partial charge in [-0.05, 0) is 52.4 Å². The standard InChI is InChI=1S/C15H22BrF/c1-3-5-6-12(4-2)7-8-13-9-10-14(16)15(17)11-13/h9-12H,3-8H2,1-2H3. The molecule has 0 nitrogen and oxygen atoms in total. The van der Waals surface area contributed by atoms with Crippen LogP contribution in [0.5, 0.6) is 0 Å². The van der Waals surface area contributed by atoms with Gasteiger partial charge in [0.05, 0.1) is 4.47 Å². The van der Waals surface area contributed by atoms with Crippen molar-refractivity contribution in [2.24, 2.45) is 5.92 Å².